The van der Waals surface area contributed by atoms with Gasteiger partial charge in [-0.3, -0.25) is 19.5 Å². The summed E-state index contributed by atoms with van der Waals surface area (Å²) in [5.74, 6) is -1.90. The number of anilines is 1. The molecule has 1 atom stereocenters. The van der Waals surface area contributed by atoms with Crippen molar-refractivity contribution in [2.24, 2.45) is 5.92 Å². The van der Waals surface area contributed by atoms with Crippen LogP contribution in [0.15, 0.2) is 72.6 Å². The fourth-order valence-electron chi connectivity index (χ4n) is 3.75. The number of halogens is 2. The Morgan fingerprint density at radius 1 is 1.15 bits per heavy atom. The van der Waals surface area contributed by atoms with Gasteiger partial charge in [0.1, 0.15) is 17.3 Å². The van der Waals surface area contributed by atoms with Crippen molar-refractivity contribution in [3.8, 4) is 5.75 Å². The maximum atomic E-state index is 13.8. The Labute approximate surface area is 201 Å². The summed E-state index contributed by atoms with van der Waals surface area (Å²) >= 11 is 5.95. The zero-order chi connectivity index (χ0) is 24.4. The van der Waals surface area contributed by atoms with Gasteiger partial charge in [0.15, 0.2) is 0 Å². The molecule has 0 radical (unpaired) electrons. The standard InChI is InChI=1S/C26H22ClFN2O4/c1-15(2)14-34-19-5-3-4-17(12-19)24(31)22-23(16-8-10-29-11-9-16)30(26(33)25(22)32)18-6-7-21(28)20(27)13-18/h3-13,15,23,31H,14H2,1-2H3/b24-22+. The molecule has 0 bridgehead atoms. The minimum absolute atomic E-state index is 0.0994. The van der Waals surface area contributed by atoms with E-state index in [0.717, 1.165) is 6.07 Å². The lowest BCUT2D eigenvalue weighted by Crippen LogP contribution is -2.29. The predicted molar refractivity (Wildman–Crippen MR) is 127 cm³/mol. The summed E-state index contributed by atoms with van der Waals surface area (Å²) < 4.78 is 19.5. The van der Waals surface area contributed by atoms with Crippen molar-refractivity contribution in [2.45, 2.75) is 19.9 Å². The number of pyridine rings is 1. The van der Waals surface area contributed by atoms with Gasteiger partial charge in [0.25, 0.3) is 11.7 Å². The molecule has 1 aliphatic heterocycles. The molecule has 6 nitrogen and oxygen atoms in total. The van der Waals surface area contributed by atoms with Gasteiger partial charge in [-0.2, -0.15) is 0 Å². The Balaban J connectivity index is 1.86. The maximum Gasteiger partial charge on any atom is 0.300 e. The van der Waals surface area contributed by atoms with E-state index in [2.05, 4.69) is 4.98 Å². The molecule has 174 valence electrons. The lowest BCUT2D eigenvalue weighted by Gasteiger charge is -2.25. The average molecular weight is 481 g/mol. The molecule has 0 saturated carbocycles. The smallest absolute Gasteiger partial charge is 0.300 e. The largest absolute Gasteiger partial charge is 0.507 e. The number of rotatable bonds is 6. The molecule has 4 rings (SSSR count). The van der Waals surface area contributed by atoms with E-state index in [1.807, 2.05) is 13.8 Å². The molecule has 1 aliphatic rings. The second-order valence-electron chi connectivity index (χ2n) is 8.28. The number of carbonyl (C=O) groups is 2. The molecule has 34 heavy (non-hydrogen) atoms. The lowest BCUT2D eigenvalue weighted by molar-refractivity contribution is -0.132. The highest BCUT2D eigenvalue weighted by molar-refractivity contribution is 6.51. The van der Waals surface area contributed by atoms with Crippen molar-refractivity contribution in [3.05, 3.63) is 94.5 Å². The van der Waals surface area contributed by atoms with Crippen molar-refractivity contribution >= 4 is 34.7 Å². The van der Waals surface area contributed by atoms with Gasteiger partial charge in [-0.25, -0.2) is 4.39 Å². The van der Waals surface area contributed by atoms with Crippen LogP contribution in [0.2, 0.25) is 5.02 Å². The van der Waals surface area contributed by atoms with E-state index < -0.39 is 23.5 Å². The van der Waals surface area contributed by atoms with Gasteiger partial charge in [-0.1, -0.05) is 37.6 Å². The summed E-state index contributed by atoms with van der Waals surface area (Å²) in [6.45, 7) is 4.51. The molecule has 1 N–H and O–H groups in total. The number of Topliss-reactive ketones (excluding diaryl/α,β-unsaturated/α-hetero) is 1. The molecule has 0 aliphatic carbocycles. The molecule has 1 amide bonds. The molecule has 1 fully saturated rings. The van der Waals surface area contributed by atoms with Gasteiger partial charge >= 0.3 is 0 Å². The van der Waals surface area contributed by atoms with Crippen molar-refractivity contribution in [2.75, 3.05) is 11.5 Å². The summed E-state index contributed by atoms with van der Waals surface area (Å²) in [4.78, 5) is 31.5. The summed E-state index contributed by atoms with van der Waals surface area (Å²) in [6.07, 6.45) is 3.04. The van der Waals surface area contributed by atoms with E-state index in [1.165, 1.54) is 29.4 Å². The van der Waals surface area contributed by atoms with Crippen LogP contribution in [0.1, 0.15) is 31.0 Å². The van der Waals surface area contributed by atoms with Crippen LogP contribution in [0, 0.1) is 11.7 Å². The number of nitrogens with zero attached hydrogens (tertiary/aromatic N) is 2. The number of aromatic nitrogens is 1. The highest BCUT2D eigenvalue weighted by atomic mass is 35.5. The number of hydrogen-bond donors (Lipinski definition) is 1. The molecule has 2 aromatic carbocycles. The third-order valence-electron chi connectivity index (χ3n) is 5.34. The van der Waals surface area contributed by atoms with Crippen LogP contribution in [-0.2, 0) is 9.59 Å². The number of aliphatic hydroxyl groups is 1. The van der Waals surface area contributed by atoms with E-state index in [0.29, 0.717) is 29.4 Å². The Bertz CT molecular complexity index is 1280. The van der Waals surface area contributed by atoms with E-state index in [-0.39, 0.29) is 22.0 Å². The van der Waals surface area contributed by atoms with Crippen molar-refractivity contribution < 1.29 is 23.8 Å². The molecule has 8 heteroatoms. The van der Waals surface area contributed by atoms with Crippen LogP contribution in [0.4, 0.5) is 10.1 Å². The minimum atomic E-state index is -0.968. The van der Waals surface area contributed by atoms with Crippen LogP contribution in [0.3, 0.4) is 0 Å². The molecule has 1 aromatic heterocycles. The second kappa shape index (κ2) is 9.65. The van der Waals surface area contributed by atoms with Crippen LogP contribution in [0.25, 0.3) is 5.76 Å². The van der Waals surface area contributed by atoms with Crippen LogP contribution in [0.5, 0.6) is 5.75 Å². The number of benzene rings is 2. The van der Waals surface area contributed by atoms with Gasteiger partial charge in [0.05, 0.1) is 23.2 Å². The lowest BCUT2D eigenvalue weighted by atomic mass is 9.95. The summed E-state index contributed by atoms with van der Waals surface area (Å²) in [5, 5.41) is 11.0. The fourth-order valence-corrected chi connectivity index (χ4v) is 3.92. The Hall–Kier alpha value is -3.71. The van der Waals surface area contributed by atoms with Gasteiger partial charge in [-0.15, -0.1) is 0 Å². The third-order valence-corrected chi connectivity index (χ3v) is 5.63. The highest BCUT2D eigenvalue weighted by Crippen LogP contribution is 2.42. The number of ketones is 1. The zero-order valence-electron chi connectivity index (χ0n) is 18.5. The van der Waals surface area contributed by atoms with Crippen LogP contribution in [-0.4, -0.2) is 28.4 Å². The first-order chi connectivity index (χ1) is 16.3. The summed E-state index contributed by atoms with van der Waals surface area (Å²) in [6, 6.07) is 12.8. The maximum absolute atomic E-state index is 13.8. The average Bonchev–Trinajstić information content (AvgIpc) is 3.10. The number of carbonyl (C=O) groups excluding carboxylic acids is 2. The Kier molecular flexibility index (Phi) is 6.65. The van der Waals surface area contributed by atoms with Gasteiger partial charge in [0.2, 0.25) is 0 Å². The summed E-state index contributed by atoms with van der Waals surface area (Å²) in [5.41, 5.74) is 1.000. The fraction of sp³-hybridized carbons (Fsp3) is 0.192. The SMILES string of the molecule is CC(C)COc1cccc(/C(O)=C2\C(=O)C(=O)N(c3ccc(F)c(Cl)c3)C2c2ccncc2)c1. The molecular weight excluding hydrogens is 459 g/mol. The third kappa shape index (κ3) is 4.52. The zero-order valence-corrected chi connectivity index (χ0v) is 19.3. The van der Waals surface area contributed by atoms with Crippen molar-refractivity contribution in [1.82, 2.24) is 4.98 Å². The highest BCUT2D eigenvalue weighted by Gasteiger charge is 2.47. The molecule has 0 spiro atoms. The van der Waals surface area contributed by atoms with E-state index in [9.17, 15) is 19.1 Å². The first-order valence-electron chi connectivity index (χ1n) is 10.7. The van der Waals surface area contributed by atoms with Crippen LogP contribution >= 0.6 is 11.6 Å². The molecule has 3 aromatic rings. The summed E-state index contributed by atoms with van der Waals surface area (Å²) in [7, 11) is 0. The Morgan fingerprint density at radius 2 is 1.88 bits per heavy atom. The monoisotopic (exact) mass is 480 g/mol. The number of ether oxygens (including phenoxy) is 1. The quantitative estimate of drug-likeness (QED) is 0.285. The van der Waals surface area contributed by atoms with Crippen molar-refractivity contribution in [3.63, 3.8) is 0 Å². The van der Waals surface area contributed by atoms with Gasteiger partial charge in [0, 0.05) is 23.6 Å². The Morgan fingerprint density at radius 3 is 2.56 bits per heavy atom. The normalized spacial score (nSPS) is 17.4. The van der Waals surface area contributed by atoms with Crippen LogP contribution < -0.4 is 9.64 Å². The van der Waals surface area contributed by atoms with E-state index >= 15 is 0 Å². The second-order valence-corrected chi connectivity index (χ2v) is 8.69. The number of hydrogen-bond acceptors (Lipinski definition) is 5. The topological polar surface area (TPSA) is 79.7 Å². The minimum Gasteiger partial charge on any atom is -0.507 e. The first kappa shape index (κ1) is 23.4. The molecule has 1 saturated heterocycles. The van der Waals surface area contributed by atoms with Gasteiger partial charge in [-0.05, 0) is 53.9 Å². The molecular formula is C26H22ClFN2O4. The predicted octanol–water partition coefficient (Wildman–Crippen LogP) is 5.54. The number of aliphatic hydroxyl groups excluding tert-OH is 1. The number of amides is 1. The first-order valence-corrected chi connectivity index (χ1v) is 11.0. The molecule has 2 heterocycles. The van der Waals surface area contributed by atoms with E-state index in [4.69, 9.17) is 16.3 Å². The van der Waals surface area contributed by atoms with E-state index in [1.54, 1.807) is 36.4 Å². The van der Waals surface area contributed by atoms with Crippen molar-refractivity contribution in [1.29, 1.82) is 0 Å². The molecule has 1 unspecified atom stereocenters. The van der Waals surface area contributed by atoms with Gasteiger partial charge < -0.3 is 9.84 Å².